The number of likely N-dealkylation sites (N-methyl/N-ethyl adjacent to an activating group) is 2. The molecule has 2 aromatic carbocycles. The average Bonchev–Trinajstić information content (AvgIpc) is 2.61. The molecule has 0 bridgehead atoms. The molecule has 5 nitrogen and oxygen atoms in total. The largest absolute Gasteiger partial charge is 0.377 e. The van der Waals surface area contributed by atoms with E-state index in [1.54, 1.807) is 13.1 Å². The molecular weight excluding hydrogens is 334 g/mol. The summed E-state index contributed by atoms with van der Waals surface area (Å²) < 4.78 is 27.7. The van der Waals surface area contributed by atoms with Crippen molar-refractivity contribution < 1.29 is 8.42 Å². The van der Waals surface area contributed by atoms with Crippen LogP contribution in [0.15, 0.2) is 41.3 Å². The van der Waals surface area contributed by atoms with Crippen molar-refractivity contribution in [1.82, 2.24) is 9.21 Å². The van der Waals surface area contributed by atoms with Gasteiger partial charge in [-0.05, 0) is 25.2 Å². The van der Waals surface area contributed by atoms with E-state index in [4.69, 9.17) is 0 Å². The summed E-state index contributed by atoms with van der Waals surface area (Å²) in [5.41, 5.74) is 1.01. The second-order valence-corrected chi connectivity index (χ2v) is 8.39. The Labute approximate surface area is 151 Å². The van der Waals surface area contributed by atoms with Gasteiger partial charge in [0.25, 0.3) is 0 Å². The van der Waals surface area contributed by atoms with Gasteiger partial charge in [0.05, 0.1) is 4.90 Å². The lowest BCUT2D eigenvalue weighted by atomic mass is 10.1. The fourth-order valence-electron chi connectivity index (χ4n) is 2.99. The topological polar surface area (TPSA) is 43.9 Å². The van der Waals surface area contributed by atoms with E-state index in [0.717, 1.165) is 36.1 Å². The number of fused-ring (bicyclic) bond motifs is 1. The summed E-state index contributed by atoms with van der Waals surface area (Å²) in [6.07, 6.45) is 0. The molecule has 0 amide bonds. The van der Waals surface area contributed by atoms with Crippen LogP contribution >= 0.6 is 0 Å². The van der Waals surface area contributed by atoms with E-state index in [-0.39, 0.29) is 0 Å². The van der Waals surface area contributed by atoms with E-state index in [2.05, 4.69) is 18.7 Å². The van der Waals surface area contributed by atoms with E-state index >= 15 is 0 Å². The van der Waals surface area contributed by atoms with Crippen LogP contribution in [0.2, 0.25) is 0 Å². The highest BCUT2D eigenvalue weighted by molar-refractivity contribution is 7.89. The zero-order chi connectivity index (χ0) is 18.6. The summed E-state index contributed by atoms with van der Waals surface area (Å²) in [5.74, 6) is 0. The van der Waals surface area contributed by atoms with Gasteiger partial charge in [-0.2, -0.15) is 4.31 Å². The highest BCUT2D eigenvalue weighted by Gasteiger charge is 2.23. The van der Waals surface area contributed by atoms with Crippen LogP contribution in [0.1, 0.15) is 13.8 Å². The van der Waals surface area contributed by atoms with Crippen LogP contribution < -0.4 is 4.90 Å². The predicted octanol–water partition coefficient (Wildman–Crippen LogP) is 2.87. The summed E-state index contributed by atoms with van der Waals surface area (Å²) in [6.45, 7) is 7.23. The maximum atomic E-state index is 13.1. The van der Waals surface area contributed by atoms with Gasteiger partial charge in [-0.25, -0.2) is 8.42 Å². The highest BCUT2D eigenvalue weighted by Crippen LogP contribution is 2.31. The second kappa shape index (κ2) is 8.17. The molecule has 0 aliphatic rings. The predicted molar refractivity (Wildman–Crippen MR) is 106 cm³/mol. The summed E-state index contributed by atoms with van der Waals surface area (Å²) in [6, 6.07) is 11.3. The first-order valence-corrected chi connectivity index (χ1v) is 10.1. The van der Waals surface area contributed by atoms with Crippen molar-refractivity contribution in [2.24, 2.45) is 0 Å². The van der Waals surface area contributed by atoms with Gasteiger partial charge >= 0.3 is 0 Å². The third-order valence-electron chi connectivity index (χ3n) is 4.65. The van der Waals surface area contributed by atoms with Gasteiger partial charge in [0.2, 0.25) is 10.0 Å². The van der Waals surface area contributed by atoms with Crippen molar-refractivity contribution in [2.75, 3.05) is 52.2 Å². The summed E-state index contributed by atoms with van der Waals surface area (Å²) >= 11 is 0. The number of nitrogens with zero attached hydrogens (tertiary/aromatic N) is 3. The molecule has 0 aromatic heterocycles. The molecule has 25 heavy (non-hydrogen) atoms. The Hall–Kier alpha value is -1.63. The molecule has 2 rings (SSSR count). The third-order valence-corrected chi connectivity index (χ3v) is 6.57. The molecule has 0 unspecified atom stereocenters. The van der Waals surface area contributed by atoms with Crippen LogP contribution in [-0.4, -0.2) is 64.9 Å². The van der Waals surface area contributed by atoms with Crippen LogP contribution in [0, 0.1) is 0 Å². The lowest BCUT2D eigenvalue weighted by molar-refractivity contribution is 0.282. The average molecular weight is 364 g/mol. The van der Waals surface area contributed by atoms with Crippen LogP contribution in [-0.2, 0) is 10.0 Å². The molecule has 0 heterocycles. The van der Waals surface area contributed by atoms with Crippen LogP contribution in [0.5, 0.6) is 0 Å². The molecule has 0 radical (unpaired) electrons. The molecule has 0 saturated heterocycles. The fraction of sp³-hybridized carbons (Fsp3) is 0.474. The Morgan fingerprint density at radius 2 is 1.44 bits per heavy atom. The fourth-order valence-corrected chi connectivity index (χ4v) is 4.35. The van der Waals surface area contributed by atoms with Gasteiger partial charge in [-0.15, -0.1) is 0 Å². The molecule has 6 heteroatoms. The van der Waals surface area contributed by atoms with E-state index in [9.17, 15) is 8.42 Å². The quantitative estimate of drug-likeness (QED) is 0.723. The zero-order valence-electron chi connectivity index (χ0n) is 15.9. The van der Waals surface area contributed by atoms with Gasteiger partial charge < -0.3 is 9.80 Å². The van der Waals surface area contributed by atoms with Gasteiger partial charge in [0, 0.05) is 50.7 Å². The molecule has 0 aliphatic carbocycles. The van der Waals surface area contributed by atoms with Crippen molar-refractivity contribution in [1.29, 1.82) is 0 Å². The van der Waals surface area contributed by atoms with E-state index in [0.29, 0.717) is 11.4 Å². The highest BCUT2D eigenvalue weighted by atomic mass is 32.2. The first-order valence-electron chi connectivity index (χ1n) is 8.70. The van der Waals surface area contributed by atoms with E-state index < -0.39 is 10.0 Å². The Morgan fingerprint density at radius 3 is 2.04 bits per heavy atom. The molecule has 0 saturated carbocycles. The van der Waals surface area contributed by atoms with Crippen molar-refractivity contribution in [3.8, 4) is 0 Å². The van der Waals surface area contributed by atoms with E-state index in [1.165, 1.54) is 4.31 Å². The molecule has 0 atom stereocenters. The molecule has 0 fully saturated rings. The number of rotatable bonds is 8. The molecule has 2 aromatic rings. The summed E-state index contributed by atoms with van der Waals surface area (Å²) in [5, 5.41) is 1.72. The first kappa shape index (κ1) is 19.7. The maximum Gasteiger partial charge on any atom is 0.243 e. The molecule has 0 N–H and O–H groups in total. The Morgan fingerprint density at radius 1 is 0.840 bits per heavy atom. The number of hydrogen-bond acceptors (Lipinski definition) is 4. The van der Waals surface area contributed by atoms with Crippen LogP contribution in [0.25, 0.3) is 10.8 Å². The molecule has 138 valence electrons. The third kappa shape index (κ3) is 4.14. The lowest BCUT2D eigenvalue weighted by Gasteiger charge is -2.24. The first-order chi connectivity index (χ1) is 11.8. The SMILES string of the molecule is CCN(CC)CCN(C)S(=O)(=O)c1cccc2c(N(C)C)cccc12. The molecule has 0 spiro atoms. The zero-order valence-corrected chi connectivity index (χ0v) is 16.7. The minimum atomic E-state index is -3.53. The Bertz CT molecular complexity index is 815. The van der Waals surface area contributed by atoms with Gasteiger partial charge in [0.15, 0.2) is 0 Å². The van der Waals surface area contributed by atoms with Crippen molar-refractivity contribution in [2.45, 2.75) is 18.7 Å². The molecular formula is C19H29N3O2S. The lowest BCUT2D eigenvalue weighted by Crippen LogP contribution is -2.36. The van der Waals surface area contributed by atoms with Crippen LogP contribution in [0.4, 0.5) is 5.69 Å². The normalized spacial score (nSPS) is 12.3. The number of benzene rings is 2. The summed E-state index contributed by atoms with van der Waals surface area (Å²) in [7, 11) is 2.06. The van der Waals surface area contributed by atoms with Crippen molar-refractivity contribution in [3.63, 3.8) is 0 Å². The van der Waals surface area contributed by atoms with Gasteiger partial charge in [0.1, 0.15) is 0 Å². The maximum absolute atomic E-state index is 13.1. The monoisotopic (exact) mass is 363 g/mol. The summed E-state index contributed by atoms with van der Waals surface area (Å²) in [4.78, 5) is 4.60. The Kier molecular flexibility index (Phi) is 6.43. The smallest absolute Gasteiger partial charge is 0.243 e. The minimum Gasteiger partial charge on any atom is -0.377 e. The molecule has 0 aliphatic heterocycles. The van der Waals surface area contributed by atoms with E-state index in [1.807, 2.05) is 49.3 Å². The minimum absolute atomic E-state index is 0.371. The van der Waals surface area contributed by atoms with Crippen molar-refractivity contribution >= 4 is 26.5 Å². The van der Waals surface area contributed by atoms with Crippen LogP contribution in [0.3, 0.4) is 0 Å². The second-order valence-electron chi connectivity index (χ2n) is 6.38. The Balaban J connectivity index is 2.41. The van der Waals surface area contributed by atoms with Crippen molar-refractivity contribution in [3.05, 3.63) is 36.4 Å². The number of hydrogen-bond donors (Lipinski definition) is 0. The number of sulfonamides is 1. The van der Waals surface area contributed by atoms with Gasteiger partial charge in [-0.1, -0.05) is 38.1 Å². The number of anilines is 1. The van der Waals surface area contributed by atoms with Gasteiger partial charge in [-0.3, -0.25) is 0 Å². The standard InChI is InChI=1S/C19H29N3O2S/c1-6-22(7-2)15-14-21(5)25(23,24)19-13-9-10-16-17(19)11-8-12-18(16)20(3)4/h8-13H,6-7,14-15H2,1-5H3.